The SMILES string of the molecule is Cc1ccc(S(=O)(=O)O)cc1[N+]1(N)CCN=C1N. The van der Waals surface area contributed by atoms with Crippen LogP contribution in [0.15, 0.2) is 28.1 Å². The van der Waals surface area contributed by atoms with E-state index in [1.54, 1.807) is 13.0 Å². The van der Waals surface area contributed by atoms with E-state index >= 15 is 0 Å². The van der Waals surface area contributed by atoms with E-state index in [-0.39, 0.29) is 15.4 Å². The van der Waals surface area contributed by atoms with Crippen LogP contribution >= 0.6 is 0 Å². The highest BCUT2D eigenvalue weighted by Gasteiger charge is 2.38. The third kappa shape index (κ3) is 1.99. The number of guanidine groups is 1. The first-order valence-electron chi connectivity index (χ1n) is 5.31. The van der Waals surface area contributed by atoms with Crippen LogP contribution in [0.1, 0.15) is 5.56 Å². The molecular weight excluding hydrogens is 256 g/mol. The summed E-state index contributed by atoms with van der Waals surface area (Å²) in [7, 11) is -4.26. The van der Waals surface area contributed by atoms with Crippen LogP contribution in [0.5, 0.6) is 0 Å². The molecule has 0 aliphatic carbocycles. The largest absolute Gasteiger partial charge is 0.336 e. The fraction of sp³-hybridized carbons (Fsp3) is 0.300. The van der Waals surface area contributed by atoms with E-state index < -0.39 is 10.1 Å². The van der Waals surface area contributed by atoms with Gasteiger partial charge in [-0.1, -0.05) is 6.07 Å². The average molecular weight is 271 g/mol. The van der Waals surface area contributed by atoms with Gasteiger partial charge < -0.3 is 5.73 Å². The zero-order valence-electron chi connectivity index (χ0n) is 9.87. The smallest absolute Gasteiger partial charge is 0.320 e. The number of quaternary nitrogens is 1. The molecular formula is C10H15N4O3S+. The lowest BCUT2D eigenvalue weighted by atomic mass is 10.2. The third-order valence-corrected chi connectivity index (χ3v) is 3.89. The summed E-state index contributed by atoms with van der Waals surface area (Å²) in [4.78, 5) is 3.83. The van der Waals surface area contributed by atoms with E-state index in [0.29, 0.717) is 18.8 Å². The van der Waals surface area contributed by atoms with Crippen molar-refractivity contribution >= 4 is 21.8 Å². The Morgan fingerprint density at radius 3 is 2.61 bits per heavy atom. The zero-order valence-corrected chi connectivity index (χ0v) is 10.7. The molecule has 0 saturated carbocycles. The monoisotopic (exact) mass is 271 g/mol. The van der Waals surface area contributed by atoms with Crippen LogP contribution in [-0.4, -0.2) is 32.0 Å². The third-order valence-electron chi connectivity index (χ3n) is 3.04. The molecule has 7 nitrogen and oxygen atoms in total. The highest BCUT2D eigenvalue weighted by molar-refractivity contribution is 7.85. The predicted molar refractivity (Wildman–Crippen MR) is 68.3 cm³/mol. The first kappa shape index (κ1) is 13.0. The van der Waals surface area contributed by atoms with Gasteiger partial charge in [0, 0.05) is 11.6 Å². The minimum Gasteiger partial charge on any atom is -0.336 e. The lowest BCUT2D eigenvalue weighted by molar-refractivity contribution is 0.458. The van der Waals surface area contributed by atoms with Crippen molar-refractivity contribution in [2.45, 2.75) is 11.8 Å². The number of nitrogens with zero attached hydrogens (tertiary/aromatic N) is 2. The topological polar surface area (TPSA) is 119 Å². The lowest BCUT2D eigenvalue weighted by Crippen LogP contribution is -2.61. The molecule has 5 N–H and O–H groups in total. The van der Waals surface area contributed by atoms with Crippen molar-refractivity contribution in [2.24, 2.45) is 16.6 Å². The Bertz CT molecular complexity index is 626. The Kier molecular flexibility index (Phi) is 2.90. The molecule has 0 fully saturated rings. The molecule has 0 radical (unpaired) electrons. The molecule has 0 spiro atoms. The first-order valence-corrected chi connectivity index (χ1v) is 6.75. The Hall–Kier alpha value is -1.48. The lowest BCUT2D eigenvalue weighted by Gasteiger charge is -2.27. The van der Waals surface area contributed by atoms with Crippen LogP contribution in [0.3, 0.4) is 0 Å². The molecule has 2 rings (SSSR count). The van der Waals surface area contributed by atoms with Gasteiger partial charge in [0.15, 0.2) is 5.69 Å². The Morgan fingerprint density at radius 2 is 2.11 bits per heavy atom. The number of hydrogen-bond donors (Lipinski definition) is 3. The second kappa shape index (κ2) is 4.02. The molecule has 18 heavy (non-hydrogen) atoms. The molecule has 1 atom stereocenters. The molecule has 0 bridgehead atoms. The number of rotatable bonds is 2. The highest BCUT2D eigenvalue weighted by Crippen LogP contribution is 2.28. The molecule has 98 valence electrons. The Labute approximate surface area is 105 Å². The van der Waals surface area contributed by atoms with Crippen LogP contribution in [0, 0.1) is 6.92 Å². The normalized spacial score (nSPS) is 24.1. The van der Waals surface area contributed by atoms with Crippen molar-refractivity contribution in [3.05, 3.63) is 23.8 Å². The summed E-state index contributed by atoms with van der Waals surface area (Å²) < 4.78 is 31.1. The van der Waals surface area contributed by atoms with Gasteiger partial charge in [0.05, 0.1) is 11.4 Å². The maximum atomic E-state index is 11.1. The van der Waals surface area contributed by atoms with Gasteiger partial charge in [-0.05, 0) is 13.0 Å². The van der Waals surface area contributed by atoms with Gasteiger partial charge in [-0.3, -0.25) is 4.55 Å². The molecule has 0 saturated heterocycles. The number of aliphatic imine (C=N–C) groups is 1. The molecule has 0 amide bonds. The Balaban J connectivity index is 2.62. The van der Waals surface area contributed by atoms with Crippen molar-refractivity contribution in [1.82, 2.24) is 4.59 Å². The van der Waals surface area contributed by atoms with Crippen molar-refractivity contribution in [3.63, 3.8) is 0 Å². The van der Waals surface area contributed by atoms with Gasteiger partial charge in [0.2, 0.25) is 0 Å². The minimum atomic E-state index is -4.26. The summed E-state index contributed by atoms with van der Waals surface area (Å²) in [6, 6.07) is 4.24. The quantitative estimate of drug-likeness (QED) is 0.389. The van der Waals surface area contributed by atoms with Crippen molar-refractivity contribution in [2.75, 3.05) is 13.1 Å². The van der Waals surface area contributed by atoms with Gasteiger partial charge in [0.1, 0.15) is 6.54 Å². The van der Waals surface area contributed by atoms with Crippen molar-refractivity contribution in [1.29, 1.82) is 0 Å². The van der Waals surface area contributed by atoms with E-state index in [9.17, 15) is 8.42 Å². The summed E-state index contributed by atoms with van der Waals surface area (Å²) in [5, 5.41) is 0. The van der Waals surface area contributed by atoms with E-state index in [1.807, 2.05) is 0 Å². The van der Waals surface area contributed by atoms with Crippen molar-refractivity contribution in [3.8, 4) is 0 Å². The van der Waals surface area contributed by atoms with Gasteiger partial charge in [-0.25, -0.2) is 4.99 Å². The van der Waals surface area contributed by atoms with Crippen LogP contribution in [-0.2, 0) is 10.1 Å². The van der Waals surface area contributed by atoms with Gasteiger partial charge >= 0.3 is 5.96 Å². The predicted octanol–water partition coefficient (Wildman–Crippen LogP) is -0.249. The number of hydrogen-bond acceptors (Lipinski definition) is 5. The second-order valence-corrected chi connectivity index (χ2v) is 5.68. The fourth-order valence-electron chi connectivity index (χ4n) is 1.99. The van der Waals surface area contributed by atoms with E-state index in [2.05, 4.69) is 4.99 Å². The maximum absolute atomic E-state index is 11.1. The molecule has 8 heteroatoms. The number of aryl methyl sites for hydroxylation is 1. The molecule has 0 aromatic heterocycles. The summed E-state index contributed by atoms with van der Waals surface area (Å²) in [5.41, 5.74) is 7.06. The van der Waals surface area contributed by atoms with Crippen LogP contribution in [0.4, 0.5) is 5.69 Å². The minimum absolute atomic E-state index is 0.203. The van der Waals surface area contributed by atoms with Crippen LogP contribution < -0.4 is 16.2 Å². The summed E-state index contributed by atoms with van der Waals surface area (Å²) >= 11 is 0. The van der Waals surface area contributed by atoms with E-state index in [1.165, 1.54) is 12.1 Å². The molecule has 1 aromatic rings. The van der Waals surface area contributed by atoms with E-state index in [0.717, 1.165) is 5.56 Å². The molecule has 1 aromatic carbocycles. The van der Waals surface area contributed by atoms with E-state index in [4.69, 9.17) is 16.1 Å². The fourth-order valence-corrected chi connectivity index (χ4v) is 2.49. The number of nitrogens with two attached hydrogens (primary N) is 2. The summed E-state index contributed by atoms with van der Waals surface area (Å²) in [6.45, 7) is 2.74. The summed E-state index contributed by atoms with van der Waals surface area (Å²) in [6.07, 6.45) is 0. The standard InChI is InChI=1S/C10H14N4O3S/c1-7-2-3-8(18(15,16)17)6-9(7)14(12)5-4-13-10(14)11/h2-3,6H,4-5,12H2,1H3,(H2-,11,13,15,16,17)/p+1. The Morgan fingerprint density at radius 1 is 1.44 bits per heavy atom. The van der Waals surface area contributed by atoms with Crippen LogP contribution in [0.25, 0.3) is 0 Å². The molecule has 1 aliphatic heterocycles. The van der Waals surface area contributed by atoms with Crippen molar-refractivity contribution < 1.29 is 13.0 Å². The summed E-state index contributed by atoms with van der Waals surface area (Å²) in [5.74, 6) is 6.37. The van der Waals surface area contributed by atoms with Gasteiger partial charge in [0.25, 0.3) is 10.1 Å². The molecule has 1 unspecified atom stereocenters. The van der Waals surface area contributed by atoms with Gasteiger partial charge in [-0.2, -0.15) is 18.9 Å². The highest BCUT2D eigenvalue weighted by atomic mass is 32.2. The van der Waals surface area contributed by atoms with Gasteiger partial charge in [-0.15, -0.1) is 0 Å². The number of benzene rings is 1. The zero-order chi connectivity index (χ0) is 13.6. The maximum Gasteiger partial charge on any atom is 0.320 e. The molecule has 1 aliphatic rings. The van der Waals surface area contributed by atoms with Crippen LogP contribution in [0.2, 0.25) is 0 Å². The second-order valence-electron chi connectivity index (χ2n) is 4.26. The average Bonchev–Trinajstić information content (AvgIpc) is 2.59. The first-order chi connectivity index (χ1) is 8.25. The molecule has 1 heterocycles.